The lowest BCUT2D eigenvalue weighted by Crippen LogP contribution is -2.41. The first-order valence-corrected chi connectivity index (χ1v) is 7.89. The quantitative estimate of drug-likeness (QED) is 0.733. The molecular formula is C18H30N2O4. The van der Waals surface area contributed by atoms with E-state index in [1.54, 1.807) is 20.8 Å². The highest BCUT2D eigenvalue weighted by molar-refractivity contribution is 5.67. The van der Waals surface area contributed by atoms with Crippen molar-refractivity contribution in [3.05, 3.63) is 0 Å². The van der Waals surface area contributed by atoms with E-state index in [0.717, 1.165) is 13.1 Å². The molecule has 1 amide bonds. The molecule has 1 aliphatic heterocycles. The molecule has 1 fully saturated rings. The SMILES string of the molecule is C#CC(O)CN(C)C(=O)OC(C)(C)C.C#CC1(O)CCN(C)CC1. The molecule has 0 bridgehead atoms. The topological polar surface area (TPSA) is 73.2 Å². The third-order valence-corrected chi connectivity index (χ3v) is 3.43. The molecule has 2 N–H and O–H groups in total. The number of nitrogens with zero attached hydrogens (tertiary/aromatic N) is 2. The molecule has 136 valence electrons. The Kier molecular flexibility index (Phi) is 8.85. The van der Waals surface area contributed by atoms with Gasteiger partial charge in [-0.05, 0) is 27.8 Å². The predicted octanol–water partition coefficient (Wildman–Crippen LogP) is 0.924. The molecule has 1 unspecified atom stereocenters. The average Bonchev–Trinajstić information content (AvgIpc) is 2.49. The Morgan fingerprint density at radius 2 is 1.88 bits per heavy atom. The van der Waals surface area contributed by atoms with E-state index in [1.807, 2.05) is 7.05 Å². The lowest BCUT2D eigenvalue weighted by Gasteiger charge is -2.32. The van der Waals surface area contributed by atoms with E-state index in [4.69, 9.17) is 22.7 Å². The van der Waals surface area contributed by atoms with Gasteiger partial charge in [0.1, 0.15) is 17.3 Å². The number of terminal acetylenes is 2. The maximum atomic E-state index is 11.3. The number of carbonyl (C=O) groups is 1. The average molecular weight is 338 g/mol. The Morgan fingerprint density at radius 1 is 1.38 bits per heavy atom. The van der Waals surface area contributed by atoms with E-state index in [1.165, 1.54) is 11.9 Å². The monoisotopic (exact) mass is 338 g/mol. The maximum absolute atomic E-state index is 11.3. The summed E-state index contributed by atoms with van der Waals surface area (Å²) >= 11 is 0. The van der Waals surface area contributed by atoms with Gasteiger partial charge in [0, 0.05) is 33.0 Å². The third kappa shape index (κ3) is 9.42. The molecule has 6 heteroatoms. The highest BCUT2D eigenvalue weighted by Crippen LogP contribution is 2.19. The number of ether oxygens (including phenoxy) is 1. The Labute approximate surface area is 145 Å². The number of aliphatic hydroxyl groups is 2. The fraction of sp³-hybridized carbons (Fsp3) is 0.722. The molecule has 0 spiro atoms. The molecule has 0 radical (unpaired) electrons. The van der Waals surface area contributed by atoms with Gasteiger partial charge in [-0.3, -0.25) is 0 Å². The van der Waals surface area contributed by atoms with Crippen LogP contribution in [0.1, 0.15) is 33.6 Å². The van der Waals surface area contributed by atoms with Crippen LogP contribution in [0.2, 0.25) is 0 Å². The van der Waals surface area contributed by atoms with Crippen molar-refractivity contribution in [2.24, 2.45) is 0 Å². The molecule has 1 atom stereocenters. The van der Waals surface area contributed by atoms with Gasteiger partial charge in [0.25, 0.3) is 0 Å². The number of rotatable bonds is 2. The number of carbonyl (C=O) groups excluding carboxylic acids is 1. The second kappa shape index (κ2) is 9.54. The summed E-state index contributed by atoms with van der Waals surface area (Å²) in [5.74, 6) is 4.55. The van der Waals surface area contributed by atoms with Crippen molar-refractivity contribution in [2.45, 2.75) is 50.9 Å². The molecule has 1 heterocycles. The molecule has 1 aliphatic rings. The molecule has 1 saturated heterocycles. The van der Waals surface area contributed by atoms with Gasteiger partial charge < -0.3 is 24.7 Å². The smallest absolute Gasteiger partial charge is 0.410 e. The third-order valence-electron chi connectivity index (χ3n) is 3.43. The molecule has 1 rings (SSSR count). The van der Waals surface area contributed by atoms with Crippen LogP contribution in [0.4, 0.5) is 4.79 Å². The van der Waals surface area contributed by atoms with Crippen molar-refractivity contribution in [1.29, 1.82) is 0 Å². The summed E-state index contributed by atoms with van der Waals surface area (Å²) in [5, 5.41) is 18.6. The minimum absolute atomic E-state index is 0.0748. The molecular weight excluding hydrogens is 308 g/mol. The standard InChI is InChI=1S/C10H17NO3.C8H13NO/c1-6-8(12)7-11(5)9(13)14-10(2,3)4;1-3-8(10)4-6-9(2)7-5-8/h1,8,12H,7H2,2-5H3;1,10H,4-7H2,2H3. The van der Waals surface area contributed by atoms with Crippen LogP contribution < -0.4 is 0 Å². The lowest BCUT2D eigenvalue weighted by molar-refractivity contribution is 0.0243. The molecule has 0 saturated carbocycles. The van der Waals surface area contributed by atoms with Gasteiger partial charge in [-0.2, -0.15) is 0 Å². The van der Waals surface area contributed by atoms with Crippen molar-refractivity contribution in [3.8, 4) is 24.7 Å². The van der Waals surface area contributed by atoms with Crippen LogP contribution in [-0.2, 0) is 4.74 Å². The predicted molar refractivity (Wildman–Crippen MR) is 94.2 cm³/mol. The zero-order valence-electron chi connectivity index (χ0n) is 15.4. The van der Waals surface area contributed by atoms with Crippen LogP contribution in [0, 0.1) is 24.7 Å². The fourth-order valence-electron chi connectivity index (χ4n) is 1.86. The number of likely N-dealkylation sites (tertiary alicyclic amines) is 1. The zero-order valence-corrected chi connectivity index (χ0v) is 15.4. The van der Waals surface area contributed by atoms with Crippen LogP contribution in [0.5, 0.6) is 0 Å². The number of hydrogen-bond acceptors (Lipinski definition) is 5. The first-order valence-electron chi connectivity index (χ1n) is 7.89. The van der Waals surface area contributed by atoms with Crippen molar-refractivity contribution >= 4 is 6.09 Å². The molecule has 0 aliphatic carbocycles. The van der Waals surface area contributed by atoms with Gasteiger partial charge in [0.2, 0.25) is 0 Å². The van der Waals surface area contributed by atoms with E-state index in [0.29, 0.717) is 12.8 Å². The van der Waals surface area contributed by atoms with Crippen LogP contribution >= 0.6 is 0 Å². The Bertz CT molecular complexity index is 477. The summed E-state index contributed by atoms with van der Waals surface area (Å²) in [4.78, 5) is 14.8. The molecule has 0 aromatic heterocycles. The van der Waals surface area contributed by atoms with Crippen LogP contribution in [-0.4, -0.2) is 77.1 Å². The number of aliphatic hydroxyl groups excluding tert-OH is 1. The van der Waals surface area contributed by atoms with Gasteiger partial charge in [0.05, 0.1) is 6.54 Å². The number of likely N-dealkylation sites (N-methyl/N-ethyl adjacent to an activating group) is 1. The first kappa shape index (κ1) is 22.3. The molecule has 24 heavy (non-hydrogen) atoms. The summed E-state index contributed by atoms with van der Waals surface area (Å²) < 4.78 is 5.05. The first-order chi connectivity index (χ1) is 10.9. The highest BCUT2D eigenvalue weighted by atomic mass is 16.6. The lowest BCUT2D eigenvalue weighted by atomic mass is 9.93. The van der Waals surface area contributed by atoms with Crippen molar-refractivity contribution < 1.29 is 19.7 Å². The van der Waals surface area contributed by atoms with E-state index in [2.05, 4.69) is 16.7 Å². The largest absolute Gasteiger partial charge is 0.444 e. The number of amides is 1. The van der Waals surface area contributed by atoms with Crippen LogP contribution in [0.3, 0.4) is 0 Å². The number of hydrogen-bond donors (Lipinski definition) is 2. The van der Waals surface area contributed by atoms with Gasteiger partial charge in [-0.1, -0.05) is 11.8 Å². The summed E-state index contributed by atoms with van der Waals surface area (Å²) in [6.45, 7) is 7.20. The van der Waals surface area contributed by atoms with Crippen LogP contribution in [0.25, 0.3) is 0 Å². The van der Waals surface area contributed by atoms with Gasteiger partial charge in [0.15, 0.2) is 0 Å². The Morgan fingerprint density at radius 3 is 2.25 bits per heavy atom. The Balaban J connectivity index is 0.000000463. The van der Waals surface area contributed by atoms with E-state index >= 15 is 0 Å². The van der Waals surface area contributed by atoms with Gasteiger partial charge in [-0.15, -0.1) is 12.8 Å². The highest BCUT2D eigenvalue weighted by Gasteiger charge is 2.28. The minimum atomic E-state index is -0.951. The normalized spacial score (nSPS) is 18.2. The summed E-state index contributed by atoms with van der Waals surface area (Å²) in [5.41, 5.74) is -1.35. The zero-order chi connectivity index (χ0) is 19.0. The van der Waals surface area contributed by atoms with Crippen molar-refractivity contribution in [3.63, 3.8) is 0 Å². The van der Waals surface area contributed by atoms with Gasteiger partial charge in [-0.25, -0.2) is 4.79 Å². The van der Waals surface area contributed by atoms with Crippen LogP contribution in [0.15, 0.2) is 0 Å². The molecule has 6 nitrogen and oxygen atoms in total. The summed E-state index contributed by atoms with van der Waals surface area (Å²) in [6, 6.07) is 0. The molecule has 0 aromatic carbocycles. The van der Waals surface area contributed by atoms with E-state index in [9.17, 15) is 9.90 Å². The fourth-order valence-corrected chi connectivity index (χ4v) is 1.86. The second-order valence-electron chi connectivity index (χ2n) is 7.02. The Hall–Kier alpha value is -1.73. The summed E-state index contributed by atoms with van der Waals surface area (Å²) in [6.07, 6.45) is 10.1. The van der Waals surface area contributed by atoms with E-state index < -0.39 is 23.4 Å². The summed E-state index contributed by atoms with van der Waals surface area (Å²) in [7, 11) is 3.56. The van der Waals surface area contributed by atoms with E-state index in [-0.39, 0.29) is 6.54 Å². The van der Waals surface area contributed by atoms with Crippen molar-refractivity contribution in [1.82, 2.24) is 9.80 Å². The van der Waals surface area contributed by atoms with Crippen molar-refractivity contribution in [2.75, 3.05) is 33.7 Å². The maximum Gasteiger partial charge on any atom is 0.410 e. The minimum Gasteiger partial charge on any atom is -0.444 e. The second-order valence-corrected chi connectivity index (χ2v) is 7.02. The molecule has 0 aromatic rings. The number of piperidine rings is 1. The van der Waals surface area contributed by atoms with Gasteiger partial charge >= 0.3 is 6.09 Å².